The van der Waals surface area contributed by atoms with E-state index < -0.39 is 0 Å². The van der Waals surface area contributed by atoms with Crippen LogP contribution in [0.15, 0.2) is 36.7 Å². The van der Waals surface area contributed by atoms with E-state index in [-0.39, 0.29) is 11.4 Å². The van der Waals surface area contributed by atoms with Crippen molar-refractivity contribution in [2.45, 2.75) is 25.3 Å². The summed E-state index contributed by atoms with van der Waals surface area (Å²) >= 11 is 0. The summed E-state index contributed by atoms with van der Waals surface area (Å²) in [6.07, 6.45) is 3.56. The number of amides is 1. The quantitative estimate of drug-likeness (QED) is 0.793. The Hall–Kier alpha value is -2.51. The fourth-order valence-corrected chi connectivity index (χ4v) is 3.74. The molecule has 2 aromatic rings. The normalized spacial score (nSPS) is 16.9. The Balaban J connectivity index is 1.64. The molecule has 3 rings (SSSR count). The maximum Gasteiger partial charge on any atom is 0.251 e. The molecule has 2 heterocycles. The molecule has 1 saturated heterocycles. The van der Waals surface area contributed by atoms with Crippen LogP contribution >= 0.6 is 0 Å². The van der Waals surface area contributed by atoms with Crippen LogP contribution in [-0.4, -0.2) is 71.5 Å². The number of likely N-dealkylation sites (tertiary alicyclic amines) is 1. The highest BCUT2D eigenvalue weighted by Gasteiger charge is 2.36. The van der Waals surface area contributed by atoms with Gasteiger partial charge in [-0.2, -0.15) is 0 Å². The van der Waals surface area contributed by atoms with E-state index in [1.165, 1.54) is 6.33 Å². The lowest BCUT2D eigenvalue weighted by Crippen LogP contribution is -2.58. The number of hydrogen-bond donors (Lipinski definition) is 2. The molecule has 150 valence electrons. The van der Waals surface area contributed by atoms with Crippen LogP contribution in [-0.2, 0) is 0 Å². The third-order valence-electron chi connectivity index (χ3n) is 5.89. The van der Waals surface area contributed by atoms with Gasteiger partial charge in [-0.15, -0.1) is 0 Å². The summed E-state index contributed by atoms with van der Waals surface area (Å²) in [6, 6.07) is 9.14. The van der Waals surface area contributed by atoms with E-state index >= 15 is 0 Å². The van der Waals surface area contributed by atoms with Gasteiger partial charge in [-0.05, 0) is 58.7 Å². The number of piperidine rings is 1. The Morgan fingerprint density at radius 3 is 2.46 bits per heavy atom. The molecule has 0 aliphatic carbocycles. The van der Waals surface area contributed by atoms with E-state index in [2.05, 4.69) is 46.1 Å². The molecule has 0 bridgehead atoms. The van der Waals surface area contributed by atoms with Gasteiger partial charge in [0.2, 0.25) is 0 Å². The summed E-state index contributed by atoms with van der Waals surface area (Å²) in [7, 11) is 4.21. The van der Waals surface area contributed by atoms with Crippen LogP contribution in [0.4, 0.5) is 5.82 Å². The molecule has 0 spiro atoms. The summed E-state index contributed by atoms with van der Waals surface area (Å²) in [6.45, 7) is 6.08. The number of benzene rings is 1. The van der Waals surface area contributed by atoms with Gasteiger partial charge in [0.15, 0.2) is 0 Å². The second-order valence-corrected chi connectivity index (χ2v) is 7.64. The number of rotatable bonds is 6. The first kappa shape index (κ1) is 20.2. The highest BCUT2D eigenvalue weighted by molar-refractivity contribution is 5.94. The van der Waals surface area contributed by atoms with Gasteiger partial charge in [-0.1, -0.05) is 19.1 Å². The second-order valence-electron chi connectivity index (χ2n) is 7.64. The van der Waals surface area contributed by atoms with Crippen molar-refractivity contribution >= 4 is 11.7 Å². The van der Waals surface area contributed by atoms with Crippen LogP contribution < -0.4 is 11.1 Å². The van der Waals surface area contributed by atoms with Crippen molar-refractivity contribution in [2.24, 2.45) is 0 Å². The zero-order chi connectivity index (χ0) is 20.1. The molecule has 28 heavy (non-hydrogen) atoms. The molecular weight excluding hydrogens is 352 g/mol. The predicted octanol–water partition coefficient (Wildman–Crippen LogP) is 1.87. The van der Waals surface area contributed by atoms with E-state index in [4.69, 9.17) is 5.73 Å². The Kier molecular flexibility index (Phi) is 6.26. The lowest BCUT2D eigenvalue weighted by Gasteiger charge is -2.46. The summed E-state index contributed by atoms with van der Waals surface area (Å²) in [4.78, 5) is 25.5. The summed E-state index contributed by atoms with van der Waals surface area (Å²) in [5.41, 5.74) is 8.02. The third kappa shape index (κ3) is 4.48. The molecule has 3 N–H and O–H groups in total. The van der Waals surface area contributed by atoms with Gasteiger partial charge in [0.05, 0.1) is 5.69 Å². The van der Waals surface area contributed by atoms with Crippen molar-refractivity contribution in [3.63, 3.8) is 0 Å². The zero-order valence-electron chi connectivity index (χ0n) is 17.0. The highest BCUT2D eigenvalue weighted by Crippen LogP contribution is 2.26. The predicted molar refractivity (Wildman–Crippen MR) is 112 cm³/mol. The van der Waals surface area contributed by atoms with Crippen molar-refractivity contribution in [1.29, 1.82) is 0 Å². The van der Waals surface area contributed by atoms with Crippen LogP contribution in [0.1, 0.15) is 30.1 Å². The largest absolute Gasteiger partial charge is 0.384 e. The topological polar surface area (TPSA) is 87.4 Å². The summed E-state index contributed by atoms with van der Waals surface area (Å²) in [5, 5.41) is 3.15. The van der Waals surface area contributed by atoms with Gasteiger partial charge in [0.1, 0.15) is 12.1 Å². The van der Waals surface area contributed by atoms with Crippen LogP contribution in [0, 0.1) is 0 Å². The van der Waals surface area contributed by atoms with Gasteiger partial charge in [0, 0.05) is 29.3 Å². The standard InChI is InChI=1S/C21H30N6O/c1-4-27-11-9-21(10-12-27,26(2)3)14-23-20(28)17-7-5-16(6-8-17)18-13-19(22)25-15-24-18/h5-8,13,15H,4,9-12,14H2,1-3H3,(H,23,28)(H2,22,24,25). The Labute approximate surface area is 167 Å². The minimum Gasteiger partial charge on any atom is -0.384 e. The first-order valence-electron chi connectivity index (χ1n) is 9.79. The monoisotopic (exact) mass is 382 g/mol. The van der Waals surface area contributed by atoms with Crippen molar-refractivity contribution in [1.82, 2.24) is 25.1 Å². The van der Waals surface area contributed by atoms with Crippen LogP contribution in [0.2, 0.25) is 0 Å². The third-order valence-corrected chi connectivity index (χ3v) is 5.89. The fourth-order valence-electron chi connectivity index (χ4n) is 3.74. The van der Waals surface area contributed by atoms with Gasteiger partial charge >= 0.3 is 0 Å². The number of likely N-dealkylation sites (N-methyl/N-ethyl adjacent to an activating group) is 1. The summed E-state index contributed by atoms with van der Waals surface area (Å²) < 4.78 is 0. The van der Waals surface area contributed by atoms with Crippen molar-refractivity contribution in [2.75, 3.05) is 46.0 Å². The van der Waals surface area contributed by atoms with Crippen molar-refractivity contribution in [3.05, 3.63) is 42.2 Å². The van der Waals surface area contributed by atoms with Crippen molar-refractivity contribution < 1.29 is 4.79 Å². The van der Waals surface area contributed by atoms with E-state index in [9.17, 15) is 4.79 Å². The maximum atomic E-state index is 12.7. The first-order chi connectivity index (χ1) is 13.4. The molecule has 1 aliphatic rings. The average molecular weight is 383 g/mol. The minimum absolute atomic E-state index is 0.0136. The van der Waals surface area contributed by atoms with Gasteiger partial charge in [-0.3, -0.25) is 4.79 Å². The Morgan fingerprint density at radius 2 is 1.89 bits per heavy atom. The van der Waals surface area contributed by atoms with Gasteiger partial charge in [0.25, 0.3) is 5.91 Å². The van der Waals surface area contributed by atoms with Gasteiger partial charge < -0.3 is 20.9 Å². The average Bonchev–Trinajstić information content (AvgIpc) is 2.72. The minimum atomic E-state index is -0.0482. The molecule has 0 atom stereocenters. The number of carbonyl (C=O) groups excluding carboxylic acids is 1. The molecule has 1 aliphatic heterocycles. The van der Waals surface area contributed by atoms with Crippen LogP contribution in [0.5, 0.6) is 0 Å². The van der Waals surface area contributed by atoms with Gasteiger partial charge in [-0.25, -0.2) is 9.97 Å². The lowest BCUT2D eigenvalue weighted by molar-refractivity contribution is 0.0548. The SMILES string of the molecule is CCN1CCC(CNC(=O)c2ccc(-c3cc(N)ncn3)cc2)(N(C)C)CC1. The smallest absolute Gasteiger partial charge is 0.251 e. The van der Waals surface area contributed by atoms with Crippen molar-refractivity contribution in [3.8, 4) is 11.3 Å². The lowest BCUT2D eigenvalue weighted by atomic mass is 9.86. The van der Waals surface area contributed by atoms with E-state index in [0.29, 0.717) is 17.9 Å². The molecule has 7 heteroatoms. The van der Waals surface area contributed by atoms with Crippen LogP contribution in [0.25, 0.3) is 11.3 Å². The molecule has 1 amide bonds. The summed E-state index contributed by atoms with van der Waals surface area (Å²) in [5.74, 6) is 0.378. The first-order valence-corrected chi connectivity index (χ1v) is 9.79. The van der Waals surface area contributed by atoms with E-state index in [0.717, 1.165) is 43.7 Å². The maximum absolute atomic E-state index is 12.7. The molecule has 0 saturated carbocycles. The molecule has 0 radical (unpaired) electrons. The molecule has 1 fully saturated rings. The molecule has 1 aromatic carbocycles. The molecule has 0 unspecified atom stereocenters. The van der Waals surface area contributed by atoms with E-state index in [1.807, 2.05) is 24.3 Å². The number of nitrogens with zero attached hydrogens (tertiary/aromatic N) is 4. The number of carbonyl (C=O) groups is 1. The number of nitrogens with two attached hydrogens (primary N) is 1. The number of anilines is 1. The molecule has 7 nitrogen and oxygen atoms in total. The molecular formula is C21H30N6O. The molecule has 1 aromatic heterocycles. The second kappa shape index (κ2) is 8.67. The Bertz CT molecular complexity index is 797. The zero-order valence-corrected chi connectivity index (χ0v) is 17.0. The Morgan fingerprint density at radius 1 is 1.21 bits per heavy atom. The number of hydrogen-bond acceptors (Lipinski definition) is 6. The van der Waals surface area contributed by atoms with Crippen LogP contribution in [0.3, 0.4) is 0 Å². The fraction of sp³-hybridized carbons (Fsp3) is 0.476. The number of nitrogen functional groups attached to an aromatic ring is 1. The number of aromatic nitrogens is 2. The number of nitrogens with one attached hydrogen (secondary N) is 1. The highest BCUT2D eigenvalue weighted by atomic mass is 16.1. The van der Waals surface area contributed by atoms with E-state index in [1.54, 1.807) is 6.07 Å².